The third-order valence-corrected chi connectivity index (χ3v) is 11.9. The molecule has 4 aromatic rings. The van der Waals surface area contributed by atoms with Crippen LogP contribution in [-0.4, -0.2) is 119 Å². The molecule has 52 heavy (non-hydrogen) atoms. The molecule has 31 heteroatoms. The quantitative estimate of drug-likeness (QED) is 0.0474. The van der Waals surface area contributed by atoms with Crippen LogP contribution >= 0.6 is 23.5 Å². The number of nitrogens with two attached hydrogens (primary N) is 2. The van der Waals surface area contributed by atoms with E-state index >= 15 is 0 Å². The van der Waals surface area contributed by atoms with E-state index in [1.165, 1.54) is 17.9 Å². The van der Waals surface area contributed by atoms with E-state index in [-0.39, 0.29) is 34.2 Å². The normalized spacial score (nSPS) is 30.1. The lowest BCUT2D eigenvalue weighted by Gasteiger charge is -2.21. The lowest BCUT2D eigenvalue weighted by molar-refractivity contribution is -0.646. The van der Waals surface area contributed by atoms with E-state index in [0.29, 0.717) is 0 Å². The van der Waals surface area contributed by atoms with E-state index in [2.05, 4.69) is 42.6 Å². The lowest BCUT2D eigenvalue weighted by Crippen LogP contribution is -2.34. The number of nitrogen functional groups attached to an aromatic ring is 2. The van der Waals surface area contributed by atoms with Crippen LogP contribution < -0.4 is 27.2 Å². The predicted octanol–water partition coefficient (Wildman–Crippen LogP) is -4.55. The van der Waals surface area contributed by atoms with Crippen LogP contribution in [0.25, 0.3) is 22.3 Å². The number of hydrogen-bond donors (Lipinski definition) is 11. The predicted molar refractivity (Wildman–Crippen MR) is 164 cm³/mol. The van der Waals surface area contributed by atoms with Crippen molar-refractivity contribution in [1.29, 1.82) is 0 Å². The molecular formula is C21H30N10O18P3+. The van der Waals surface area contributed by atoms with Gasteiger partial charge in [0.2, 0.25) is 24.5 Å². The molecule has 0 radical (unpaired) electrons. The second-order valence-electron chi connectivity index (χ2n) is 11.3. The van der Waals surface area contributed by atoms with E-state index in [9.17, 15) is 58.4 Å². The molecule has 0 bridgehead atoms. The highest BCUT2D eigenvalue weighted by Gasteiger charge is 2.50. The molecule has 13 N–H and O–H groups in total. The van der Waals surface area contributed by atoms with Crippen LogP contribution in [0.5, 0.6) is 0 Å². The number of nitrogens with one attached hydrogen (secondary N) is 2. The maximum atomic E-state index is 12.5. The maximum absolute atomic E-state index is 12.5. The van der Waals surface area contributed by atoms with Crippen molar-refractivity contribution in [2.45, 2.75) is 49.1 Å². The van der Waals surface area contributed by atoms with Crippen LogP contribution in [-0.2, 0) is 47.9 Å². The summed E-state index contributed by atoms with van der Waals surface area (Å²) in [5.41, 5.74) is 9.37. The van der Waals surface area contributed by atoms with E-state index in [1.54, 1.807) is 0 Å². The molecular weight excluding hydrogens is 773 g/mol. The minimum Gasteiger partial charge on any atom is -0.387 e. The first-order valence-corrected chi connectivity index (χ1v) is 18.9. The fourth-order valence-electron chi connectivity index (χ4n) is 5.44. The number of aryl methyl sites for hydroxylation is 1. The Labute approximate surface area is 286 Å². The summed E-state index contributed by atoms with van der Waals surface area (Å²) < 4.78 is 69.1. The Hall–Kier alpha value is -3.53. The Morgan fingerprint density at radius 2 is 1.27 bits per heavy atom. The smallest absolute Gasteiger partial charge is 0.387 e. The van der Waals surface area contributed by atoms with Crippen LogP contribution in [0.1, 0.15) is 12.5 Å². The number of aromatic nitrogens is 8. The molecule has 2 saturated heterocycles. The van der Waals surface area contributed by atoms with Gasteiger partial charge in [0, 0.05) is 0 Å². The Kier molecular flexibility index (Phi) is 10.1. The van der Waals surface area contributed by atoms with Crippen LogP contribution in [0.15, 0.2) is 22.2 Å². The topological polar surface area (TPSA) is 418 Å². The van der Waals surface area contributed by atoms with Crippen molar-refractivity contribution in [3.05, 3.63) is 33.4 Å². The zero-order valence-corrected chi connectivity index (χ0v) is 28.7. The molecule has 0 saturated carbocycles. The highest BCUT2D eigenvalue weighted by atomic mass is 31.3. The molecule has 2 aliphatic rings. The van der Waals surface area contributed by atoms with Gasteiger partial charge in [0.15, 0.2) is 17.4 Å². The van der Waals surface area contributed by atoms with Gasteiger partial charge in [0.25, 0.3) is 16.7 Å². The van der Waals surface area contributed by atoms with Gasteiger partial charge < -0.3 is 56.0 Å². The standard InChI is InChI=1S/C21H29N10O18P3/c1-29-5-31(15-9(29)17(37)28-21(23)26-15)19-13(35)11(33)7(47-19)3-45-51(40,41)49-52(42,43)48-50(38,39)44-2-6-10(32)12(34)18(46-6)30-4-24-8-14(30)25-20(22)27-16(8)36/h4-7,10-13,18-19,32-35H,2-3H2,1H3,(H8-,22,23,25,26,27,28,36,37,38,39,40,41,42,43)/p+1/t6-,7-,10-,11-,12-,13+,18-,19-/m1/s1. The van der Waals surface area contributed by atoms with E-state index in [4.69, 9.17) is 20.9 Å². The molecule has 6 rings (SSSR count). The fraction of sp³-hybridized carbons (Fsp3) is 0.524. The van der Waals surface area contributed by atoms with Gasteiger partial charge in [-0.05, 0) is 0 Å². The summed E-state index contributed by atoms with van der Waals surface area (Å²) in [6.45, 7) is -2.18. The number of aliphatic hydroxyl groups is 4. The number of imidazole rings is 2. The van der Waals surface area contributed by atoms with Crippen molar-refractivity contribution < 1.29 is 80.5 Å². The first-order valence-electron chi connectivity index (χ1n) is 14.4. The Balaban J connectivity index is 1.05. The number of ether oxygens (including phenoxy) is 2. The number of hydrogen-bond acceptors (Lipinski definition) is 20. The number of phosphoric ester groups is 2. The fourth-order valence-corrected chi connectivity index (χ4v) is 8.96. The maximum Gasteiger partial charge on any atom is 0.490 e. The SMILES string of the molecule is C[n+]1cn([C@@H]2O[C@H](COP(=O)(O)OP(=O)(O)OP(=O)(O)OC[C@H]3O[C@@H](n4cnc5c(=O)[nH]c(N)nc54)[C@H](O)[C@@H]3O)[C@@H](O)[C@@H]2O)c2nc(N)[nH]c(=O)c21. The van der Waals surface area contributed by atoms with Crippen molar-refractivity contribution in [3.8, 4) is 0 Å². The van der Waals surface area contributed by atoms with E-state index in [1.807, 2.05) is 0 Å². The second kappa shape index (κ2) is 13.7. The summed E-state index contributed by atoms with van der Waals surface area (Å²) >= 11 is 0. The van der Waals surface area contributed by atoms with Crippen LogP contribution in [0.2, 0.25) is 0 Å². The number of H-pyrrole nitrogens is 2. The average molecular weight is 803 g/mol. The van der Waals surface area contributed by atoms with Gasteiger partial charge >= 0.3 is 29.0 Å². The molecule has 6 heterocycles. The second-order valence-corrected chi connectivity index (χ2v) is 15.9. The van der Waals surface area contributed by atoms with Crippen LogP contribution in [0.3, 0.4) is 0 Å². The molecule has 286 valence electrons. The van der Waals surface area contributed by atoms with Crippen molar-refractivity contribution >= 4 is 57.7 Å². The van der Waals surface area contributed by atoms with Gasteiger partial charge in [-0.15, -0.1) is 0 Å². The van der Waals surface area contributed by atoms with Crippen molar-refractivity contribution in [2.24, 2.45) is 7.05 Å². The number of phosphoric acid groups is 3. The molecule has 0 aromatic carbocycles. The van der Waals surface area contributed by atoms with Crippen molar-refractivity contribution in [1.82, 2.24) is 34.1 Å². The van der Waals surface area contributed by atoms with E-state index < -0.39 is 96.9 Å². The minimum absolute atomic E-state index is 0.00983. The average Bonchev–Trinajstić information content (AvgIpc) is 3.74. The van der Waals surface area contributed by atoms with Crippen LogP contribution in [0, 0.1) is 0 Å². The zero-order valence-electron chi connectivity index (χ0n) is 26.0. The first-order chi connectivity index (χ1) is 24.2. The number of fused-ring (bicyclic) bond motifs is 2. The molecule has 11 atom stereocenters. The summed E-state index contributed by atoms with van der Waals surface area (Å²) in [5, 5.41) is 42.0. The van der Waals surface area contributed by atoms with Gasteiger partial charge in [-0.25, -0.2) is 23.2 Å². The number of aromatic amines is 2. The Bertz CT molecular complexity index is 2280. The number of aliphatic hydroxyl groups excluding tert-OH is 4. The summed E-state index contributed by atoms with van der Waals surface area (Å²) in [6.07, 6.45) is -11.0. The van der Waals surface area contributed by atoms with Crippen molar-refractivity contribution in [2.75, 3.05) is 24.7 Å². The first kappa shape index (κ1) is 38.2. The molecule has 0 amide bonds. The highest BCUT2D eigenvalue weighted by molar-refractivity contribution is 7.66. The third kappa shape index (κ3) is 7.46. The van der Waals surface area contributed by atoms with Gasteiger partial charge in [0.1, 0.15) is 36.6 Å². The molecule has 3 unspecified atom stereocenters. The minimum atomic E-state index is -6.00. The molecule has 0 spiro atoms. The summed E-state index contributed by atoms with van der Waals surface area (Å²) in [5.74, 6) is -0.590. The molecule has 2 aliphatic heterocycles. The van der Waals surface area contributed by atoms with Gasteiger partial charge in [0.05, 0.1) is 26.6 Å². The Morgan fingerprint density at radius 1 is 0.788 bits per heavy atom. The summed E-state index contributed by atoms with van der Waals surface area (Å²) in [6, 6.07) is 0. The van der Waals surface area contributed by atoms with Gasteiger partial charge in [-0.3, -0.25) is 33.2 Å². The zero-order chi connectivity index (χ0) is 38.1. The van der Waals surface area contributed by atoms with Crippen LogP contribution in [0.4, 0.5) is 11.9 Å². The number of rotatable bonds is 12. The molecule has 0 aliphatic carbocycles. The monoisotopic (exact) mass is 803 g/mol. The van der Waals surface area contributed by atoms with E-state index in [0.717, 1.165) is 15.5 Å². The largest absolute Gasteiger partial charge is 0.490 e. The molecule has 2 fully saturated rings. The van der Waals surface area contributed by atoms with Gasteiger partial charge in [-0.1, -0.05) is 0 Å². The summed E-state index contributed by atoms with van der Waals surface area (Å²) in [7, 11) is -15.9. The molecule has 4 aromatic heterocycles. The summed E-state index contributed by atoms with van der Waals surface area (Å²) in [4.78, 5) is 70.6. The highest BCUT2D eigenvalue weighted by Crippen LogP contribution is 2.67. The van der Waals surface area contributed by atoms with Gasteiger partial charge in [-0.2, -0.15) is 23.2 Å². The number of anilines is 2. The Morgan fingerprint density at radius 3 is 1.81 bits per heavy atom. The van der Waals surface area contributed by atoms with Crippen molar-refractivity contribution in [3.63, 3.8) is 0 Å². The molecule has 28 nitrogen and oxygen atoms in total. The lowest BCUT2D eigenvalue weighted by atomic mass is 10.1. The number of nitrogens with zero attached hydrogens (tertiary/aromatic N) is 6. The third-order valence-electron chi connectivity index (χ3n) is 7.68.